The quantitative estimate of drug-likeness (QED) is 0.752. The van der Waals surface area contributed by atoms with Gasteiger partial charge >= 0.3 is 0 Å². The van der Waals surface area contributed by atoms with E-state index in [-0.39, 0.29) is 11.1 Å². The largest absolute Gasteiger partial charge is 0.285 e. The molecule has 3 amide bonds. The van der Waals surface area contributed by atoms with Gasteiger partial charge in [0.15, 0.2) is 0 Å². The zero-order valence-electron chi connectivity index (χ0n) is 11.8. The zero-order valence-corrected chi connectivity index (χ0v) is 11.8. The minimum atomic E-state index is -1.43. The third kappa shape index (κ3) is 1.78. The van der Waals surface area contributed by atoms with Gasteiger partial charge in [-0.25, -0.2) is 9.90 Å². The maximum atomic E-state index is 12.2. The summed E-state index contributed by atoms with van der Waals surface area (Å²) in [5, 5.41) is 1.68. The highest BCUT2D eigenvalue weighted by atomic mass is 16.8. The molecule has 0 aliphatic carbocycles. The maximum Gasteiger partial charge on any atom is 0.285 e. The molecule has 2 aliphatic heterocycles. The number of benzene rings is 1. The van der Waals surface area contributed by atoms with E-state index in [1.165, 1.54) is 14.0 Å². The molecule has 1 saturated heterocycles. The lowest BCUT2D eigenvalue weighted by Crippen LogP contribution is -2.50. The Morgan fingerprint density at radius 2 is 1.67 bits per heavy atom. The van der Waals surface area contributed by atoms with Gasteiger partial charge in [-0.15, -0.1) is 5.06 Å². The number of carbonyl (C=O) groups excluding carboxylic acids is 3. The first kappa shape index (κ1) is 13.7. The second-order valence-electron chi connectivity index (χ2n) is 5.20. The van der Waals surface area contributed by atoms with Gasteiger partial charge in [0.1, 0.15) is 6.10 Å². The van der Waals surface area contributed by atoms with Crippen LogP contribution < -0.4 is 0 Å². The Morgan fingerprint density at radius 3 is 2.10 bits per heavy atom. The van der Waals surface area contributed by atoms with E-state index in [1.807, 2.05) is 0 Å². The molecule has 1 aromatic carbocycles. The number of fused-ring (bicyclic) bond motifs is 1. The van der Waals surface area contributed by atoms with Crippen LogP contribution in [0.25, 0.3) is 0 Å². The second kappa shape index (κ2) is 4.37. The first-order valence-electron chi connectivity index (χ1n) is 6.48. The van der Waals surface area contributed by atoms with Gasteiger partial charge in [0, 0.05) is 7.05 Å². The van der Waals surface area contributed by atoms with Crippen LogP contribution in [0.2, 0.25) is 0 Å². The van der Waals surface area contributed by atoms with Gasteiger partial charge in [-0.05, 0) is 26.0 Å². The fraction of sp³-hybridized carbons (Fsp3) is 0.357. The van der Waals surface area contributed by atoms with Crippen molar-refractivity contribution in [1.29, 1.82) is 0 Å². The van der Waals surface area contributed by atoms with Gasteiger partial charge in [-0.3, -0.25) is 19.2 Å². The lowest BCUT2D eigenvalue weighted by atomic mass is 10.0. The number of carbonyl (C=O) groups is 3. The molecule has 2 atom stereocenters. The van der Waals surface area contributed by atoms with E-state index in [2.05, 4.69) is 0 Å². The van der Waals surface area contributed by atoms with Gasteiger partial charge in [0.05, 0.1) is 11.1 Å². The Labute approximate surface area is 120 Å². The molecule has 2 aliphatic rings. The molecule has 1 aromatic rings. The summed E-state index contributed by atoms with van der Waals surface area (Å²) in [4.78, 5) is 47.4. The molecule has 0 radical (unpaired) electrons. The summed E-state index contributed by atoms with van der Waals surface area (Å²) < 4.78 is 0. The number of likely N-dealkylation sites (N-methyl/N-ethyl adjacent to an activating group) is 1. The Bertz CT molecular complexity index is 624. The SMILES string of the molecule is CC1ON(C)C(=O)C1(C)ON1C(=O)c2ccccc2C1=O. The predicted molar refractivity (Wildman–Crippen MR) is 69.7 cm³/mol. The van der Waals surface area contributed by atoms with E-state index in [9.17, 15) is 14.4 Å². The lowest BCUT2D eigenvalue weighted by Gasteiger charge is -2.27. The van der Waals surface area contributed by atoms with Crippen molar-refractivity contribution in [3.8, 4) is 0 Å². The van der Waals surface area contributed by atoms with E-state index in [0.717, 1.165) is 5.06 Å². The number of imide groups is 1. The van der Waals surface area contributed by atoms with Crippen LogP contribution in [-0.4, -0.2) is 46.6 Å². The Balaban J connectivity index is 1.92. The minimum Gasteiger partial charge on any atom is -0.269 e. The molecule has 2 unspecified atom stereocenters. The van der Waals surface area contributed by atoms with E-state index < -0.39 is 29.4 Å². The highest BCUT2D eigenvalue weighted by Gasteiger charge is 2.54. The van der Waals surface area contributed by atoms with Crippen LogP contribution in [0.4, 0.5) is 0 Å². The van der Waals surface area contributed by atoms with E-state index >= 15 is 0 Å². The average molecular weight is 290 g/mol. The summed E-state index contributed by atoms with van der Waals surface area (Å²) in [5.41, 5.74) is -0.904. The lowest BCUT2D eigenvalue weighted by molar-refractivity contribution is -0.198. The van der Waals surface area contributed by atoms with Crippen molar-refractivity contribution in [2.24, 2.45) is 0 Å². The number of hydrogen-bond acceptors (Lipinski definition) is 5. The normalized spacial score (nSPS) is 28.5. The number of nitrogens with zero attached hydrogens (tertiary/aromatic N) is 2. The molecular weight excluding hydrogens is 276 g/mol. The molecule has 110 valence electrons. The van der Waals surface area contributed by atoms with Crippen molar-refractivity contribution in [3.63, 3.8) is 0 Å². The van der Waals surface area contributed by atoms with Gasteiger partial charge in [-0.1, -0.05) is 12.1 Å². The van der Waals surface area contributed by atoms with Crippen molar-refractivity contribution in [3.05, 3.63) is 35.4 Å². The Hall–Kier alpha value is -2.25. The van der Waals surface area contributed by atoms with E-state index in [0.29, 0.717) is 5.06 Å². The number of rotatable bonds is 2. The fourth-order valence-electron chi connectivity index (χ4n) is 2.43. The van der Waals surface area contributed by atoms with Crippen LogP contribution in [0, 0.1) is 0 Å². The van der Waals surface area contributed by atoms with Crippen LogP contribution >= 0.6 is 0 Å². The van der Waals surface area contributed by atoms with Crippen LogP contribution in [0.5, 0.6) is 0 Å². The van der Waals surface area contributed by atoms with Crippen LogP contribution in [0.1, 0.15) is 34.6 Å². The van der Waals surface area contributed by atoms with Crippen molar-refractivity contribution in [2.45, 2.75) is 25.6 Å². The molecule has 0 bridgehead atoms. The summed E-state index contributed by atoms with van der Waals surface area (Å²) in [7, 11) is 1.45. The van der Waals surface area contributed by atoms with Crippen molar-refractivity contribution < 1.29 is 24.1 Å². The topological polar surface area (TPSA) is 76.2 Å². The summed E-state index contributed by atoms with van der Waals surface area (Å²) in [6.07, 6.45) is -0.626. The summed E-state index contributed by atoms with van der Waals surface area (Å²) in [5.74, 6) is -1.61. The molecule has 0 saturated carbocycles. The van der Waals surface area contributed by atoms with Gasteiger partial charge in [-0.2, -0.15) is 0 Å². The van der Waals surface area contributed by atoms with E-state index in [1.54, 1.807) is 31.2 Å². The fourth-order valence-corrected chi connectivity index (χ4v) is 2.43. The van der Waals surface area contributed by atoms with Gasteiger partial charge in [0.25, 0.3) is 17.7 Å². The van der Waals surface area contributed by atoms with Crippen LogP contribution in [0.15, 0.2) is 24.3 Å². The van der Waals surface area contributed by atoms with Crippen molar-refractivity contribution >= 4 is 17.7 Å². The monoisotopic (exact) mass is 290 g/mol. The number of hydrogen-bond donors (Lipinski definition) is 0. The molecule has 0 spiro atoms. The highest BCUT2D eigenvalue weighted by Crippen LogP contribution is 2.33. The van der Waals surface area contributed by atoms with Crippen molar-refractivity contribution in [2.75, 3.05) is 7.05 Å². The Kier molecular flexibility index (Phi) is 2.86. The molecular formula is C14H14N2O5. The molecule has 7 nitrogen and oxygen atoms in total. The third-order valence-corrected chi connectivity index (χ3v) is 3.84. The maximum absolute atomic E-state index is 12.2. The van der Waals surface area contributed by atoms with Crippen molar-refractivity contribution in [1.82, 2.24) is 10.1 Å². The molecule has 21 heavy (non-hydrogen) atoms. The molecule has 1 fully saturated rings. The average Bonchev–Trinajstić information content (AvgIpc) is 2.81. The predicted octanol–water partition coefficient (Wildman–Crippen LogP) is 0.765. The zero-order chi connectivity index (χ0) is 15.4. The van der Waals surface area contributed by atoms with Gasteiger partial charge < -0.3 is 0 Å². The van der Waals surface area contributed by atoms with Crippen LogP contribution in [0.3, 0.4) is 0 Å². The first-order valence-corrected chi connectivity index (χ1v) is 6.48. The summed E-state index contributed by atoms with van der Waals surface area (Å²) in [6.45, 7) is 3.13. The van der Waals surface area contributed by atoms with Crippen LogP contribution in [-0.2, 0) is 14.5 Å². The van der Waals surface area contributed by atoms with E-state index in [4.69, 9.17) is 9.68 Å². The minimum absolute atomic E-state index is 0.262. The second-order valence-corrected chi connectivity index (χ2v) is 5.20. The molecule has 0 N–H and O–H groups in total. The summed E-state index contributed by atoms with van der Waals surface area (Å²) >= 11 is 0. The summed E-state index contributed by atoms with van der Waals surface area (Å²) in [6, 6.07) is 6.42. The standard InChI is InChI=1S/C14H14N2O5/c1-8-14(2,13(19)15(3)20-8)21-16-11(17)9-6-4-5-7-10(9)12(16)18/h4-8H,1-3H3. The van der Waals surface area contributed by atoms with Gasteiger partial charge in [0.2, 0.25) is 5.60 Å². The smallest absolute Gasteiger partial charge is 0.269 e. The Morgan fingerprint density at radius 1 is 1.14 bits per heavy atom. The highest BCUT2D eigenvalue weighted by molar-refractivity contribution is 6.20. The number of hydroxylamine groups is 4. The number of amides is 3. The molecule has 7 heteroatoms. The third-order valence-electron chi connectivity index (χ3n) is 3.84. The molecule has 2 heterocycles. The first-order chi connectivity index (χ1) is 9.86. The molecule has 0 aromatic heterocycles. The molecule has 3 rings (SSSR count).